The molecule has 1 unspecified atom stereocenters. The van der Waals surface area contributed by atoms with E-state index in [1.54, 1.807) is 51.1 Å². The quantitative estimate of drug-likeness (QED) is 0.606. The fourth-order valence-electron chi connectivity index (χ4n) is 4.54. The van der Waals surface area contributed by atoms with E-state index in [1.165, 1.54) is 15.3 Å². The van der Waals surface area contributed by atoms with Crippen LogP contribution in [0, 0.1) is 6.92 Å². The second-order valence-electron chi connectivity index (χ2n) is 8.33. The van der Waals surface area contributed by atoms with Crippen molar-refractivity contribution in [2.75, 3.05) is 24.5 Å². The number of nitrogens with zero attached hydrogens (tertiary/aromatic N) is 3. The number of hydrogen-bond acceptors (Lipinski definition) is 5. The first kappa shape index (κ1) is 23.1. The number of carbonyl (C=O) groups is 3. The van der Waals surface area contributed by atoms with Gasteiger partial charge in [0.1, 0.15) is 6.04 Å². The smallest absolute Gasteiger partial charge is 0.262 e. The molecule has 0 saturated heterocycles. The molecule has 2 aromatic carbocycles. The summed E-state index contributed by atoms with van der Waals surface area (Å²) in [6, 6.07) is 8.82. The fourth-order valence-corrected chi connectivity index (χ4v) is 6.05. The molecule has 2 aromatic rings. The molecule has 4 rings (SSSR count). The summed E-state index contributed by atoms with van der Waals surface area (Å²) >= 11 is 0. The van der Waals surface area contributed by atoms with Crippen molar-refractivity contribution in [2.24, 2.45) is 0 Å². The van der Waals surface area contributed by atoms with Crippen LogP contribution in [0.3, 0.4) is 0 Å². The Balaban J connectivity index is 1.60. The molecule has 2 aliphatic rings. The Morgan fingerprint density at radius 2 is 1.70 bits per heavy atom. The Morgan fingerprint density at radius 3 is 2.36 bits per heavy atom. The van der Waals surface area contributed by atoms with Gasteiger partial charge in [-0.1, -0.05) is 25.5 Å². The molecular weight excluding hydrogens is 442 g/mol. The van der Waals surface area contributed by atoms with Crippen LogP contribution in [-0.4, -0.2) is 61.0 Å². The van der Waals surface area contributed by atoms with Crippen molar-refractivity contribution in [3.8, 4) is 0 Å². The second-order valence-corrected chi connectivity index (χ2v) is 10.3. The number of rotatable bonds is 6. The van der Waals surface area contributed by atoms with E-state index in [2.05, 4.69) is 0 Å². The van der Waals surface area contributed by atoms with Crippen molar-refractivity contribution in [2.45, 2.75) is 45.1 Å². The van der Waals surface area contributed by atoms with Crippen molar-refractivity contribution in [3.05, 3.63) is 58.7 Å². The van der Waals surface area contributed by atoms with Gasteiger partial charge in [0.05, 0.1) is 16.0 Å². The Labute approximate surface area is 193 Å². The molecule has 0 saturated carbocycles. The standard InChI is InChI=1S/C24H27N3O5S/c1-5-25(6-2)33(31,32)18-8-10-21-17(14-18)11-12-26(21)22(28)16(4)27-23(29)19-9-7-15(3)13-20(19)24(27)30/h7-10,13-14,16H,5-6,11-12H2,1-4H3. The Kier molecular flexibility index (Phi) is 5.88. The monoisotopic (exact) mass is 469 g/mol. The molecule has 1 atom stereocenters. The Hall–Kier alpha value is -3.04. The van der Waals surface area contributed by atoms with Crippen LogP contribution >= 0.6 is 0 Å². The van der Waals surface area contributed by atoms with E-state index in [-0.39, 0.29) is 10.8 Å². The Bertz CT molecular complexity index is 1270. The molecule has 0 N–H and O–H groups in total. The minimum atomic E-state index is -3.61. The van der Waals surface area contributed by atoms with E-state index < -0.39 is 27.9 Å². The maximum absolute atomic E-state index is 13.3. The lowest BCUT2D eigenvalue weighted by molar-refractivity contribution is -0.121. The number of carbonyl (C=O) groups excluding carboxylic acids is 3. The predicted molar refractivity (Wildman–Crippen MR) is 124 cm³/mol. The molecule has 0 radical (unpaired) electrons. The number of fused-ring (bicyclic) bond motifs is 2. The SMILES string of the molecule is CCN(CC)S(=O)(=O)c1ccc2c(c1)CCN2C(=O)C(C)N1C(=O)c2ccc(C)cc2C1=O. The fraction of sp³-hybridized carbons (Fsp3) is 0.375. The van der Waals surface area contributed by atoms with E-state index in [1.807, 2.05) is 6.92 Å². The summed E-state index contributed by atoms with van der Waals surface area (Å²) in [5.74, 6) is -1.32. The number of benzene rings is 2. The van der Waals surface area contributed by atoms with Gasteiger partial charge in [-0.3, -0.25) is 19.3 Å². The minimum absolute atomic E-state index is 0.197. The van der Waals surface area contributed by atoms with Crippen molar-refractivity contribution < 1.29 is 22.8 Å². The second kappa shape index (κ2) is 8.39. The van der Waals surface area contributed by atoms with E-state index in [4.69, 9.17) is 0 Å². The molecule has 174 valence electrons. The van der Waals surface area contributed by atoms with Gasteiger partial charge in [0.15, 0.2) is 0 Å². The summed E-state index contributed by atoms with van der Waals surface area (Å²) in [4.78, 5) is 41.9. The first-order valence-electron chi connectivity index (χ1n) is 11.0. The number of hydrogen-bond donors (Lipinski definition) is 0. The van der Waals surface area contributed by atoms with Gasteiger partial charge in [-0.05, 0) is 56.2 Å². The van der Waals surface area contributed by atoms with E-state index in [0.29, 0.717) is 42.9 Å². The third-order valence-corrected chi connectivity index (χ3v) is 8.42. The number of sulfonamides is 1. The maximum Gasteiger partial charge on any atom is 0.262 e. The summed E-state index contributed by atoms with van der Waals surface area (Å²) in [7, 11) is -3.61. The number of amides is 3. The lowest BCUT2D eigenvalue weighted by atomic mass is 10.1. The molecule has 0 aliphatic carbocycles. The number of imide groups is 1. The van der Waals surface area contributed by atoms with Crippen LogP contribution in [0.2, 0.25) is 0 Å². The zero-order valence-electron chi connectivity index (χ0n) is 19.2. The lowest BCUT2D eigenvalue weighted by Gasteiger charge is -2.27. The molecule has 0 fully saturated rings. The molecule has 0 spiro atoms. The van der Waals surface area contributed by atoms with Crippen LogP contribution in [-0.2, 0) is 21.2 Å². The molecular formula is C24H27N3O5S. The molecule has 3 amide bonds. The largest absolute Gasteiger partial charge is 0.310 e. The van der Waals surface area contributed by atoms with E-state index in [9.17, 15) is 22.8 Å². The van der Waals surface area contributed by atoms with Gasteiger partial charge in [0.25, 0.3) is 11.8 Å². The molecule has 9 heteroatoms. The predicted octanol–water partition coefficient (Wildman–Crippen LogP) is 2.60. The van der Waals surface area contributed by atoms with E-state index in [0.717, 1.165) is 16.0 Å². The van der Waals surface area contributed by atoms with Gasteiger partial charge in [-0.2, -0.15) is 4.31 Å². The van der Waals surface area contributed by atoms with Gasteiger partial charge in [-0.15, -0.1) is 0 Å². The van der Waals surface area contributed by atoms with E-state index >= 15 is 0 Å². The van der Waals surface area contributed by atoms with Gasteiger partial charge in [-0.25, -0.2) is 8.42 Å². The van der Waals surface area contributed by atoms with Crippen LogP contribution in [0.1, 0.15) is 52.6 Å². The molecule has 33 heavy (non-hydrogen) atoms. The Morgan fingerprint density at radius 1 is 1.03 bits per heavy atom. The van der Waals surface area contributed by atoms with Gasteiger partial charge < -0.3 is 4.90 Å². The number of anilines is 1. The lowest BCUT2D eigenvalue weighted by Crippen LogP contribution is -2.49. The topological polar surface area (TPSA) is 95.1 Å². The first-order chi connectivity index (χ1) is 15.6. The summed E-state index contributed by atoms with van der Waals surface area (Å²) < 4.78 is 27.1. The zero-order valence-corrected chi connectivity index (χ0v) is 20.0. The molecule has 0 aromatic heterocycles. The highest BCUT2D eigenvalue weighted by molar-refractivity contribution is 7.89. The normalized spacial score (nSPS) is 16.4. The average Bonchev–Trinajstić information content (AvgIpc) is 3.31. The third kappa shape index (κ3) is 3.65. The van der Waals surface area contributed by atoms with Gasteiger partial charge >= 0.3 is 0 Å². The van der Waals surface area contributed by atoms with Crippen LogP contribution in [0.5, 0.6) is 0 Å². The van der Waals surface area contributed by atoms with Crippen LogP contribution < -0.4 is 4.90 Å². The molecule has 0 bridgehead atoms. The summed E-state index contributed by atoms with van der Waals surface area (Å²) in [6.07, 6.45) is 0.497. The van der Waals surface area contributed by atoms with Crippen molar-refractivity contribution in [3.63, 3.8) is 0 Å². The highest BCUT2D eigenvalue weighted by Gasteiger charge is 2.43. The molecule has 8 nitrogen and oxygen atoms in total. The highest BCUT2D eigenvalue weighted by atomic mass is 32.2. The van der Waals surface area contributed by atoms with Crippen molar-refractivity contribution in [1.82, 2.24) is 9.21 Å². The molecule has 2 aliphatic heterocycles. The first-order valence-corrected chi connectivity index (χ1v) is 12.5. The summed E-state index contributed by atoms with van der Waals surface area (Å²) in [5, 5.41) is 0. The van der Waals surface area contributed by atoms with Crippen molar-refractivity contribution in [1.29, 1.82) is 0 Å². The average molecular weight is 470 g/mol. The van der Waals surface area contributed by atoms with Gasteiger partial charge in [0, 0.05) is 25.3 Å². The van der Waals surface area contributed by atoms with Crippen LogP contribution in [0.15, 0.2) is 41.3 Å². The molecule has 2 heterocycles. The minimum Gasteiger partial charge on any atom is -0.310 e. The summed E-state index contributed by atoms with van der Waals surface area (Å²) in [5.41, 5.74) is 2.84. The highest BCUT2D eigenvalue weighted by Crippen LogP contribution is 2.33. The van der Waals surface area contributed by atoms with Gasteiger partial charge in [0.2, 0.25) is 15.9 Å². The third-order valence-electron chi connectivity index (χ3n) is 6.37. The zero-order chi connectivity index (χ0) is 24.1. The maximum atomic E-state index is 13.3. The summed E-state index contributed by atoms with van der Waals surface area (Å²) in [6.45, 7) is 8.07. The number of aryl methyl sites for hydroxylation is 1. The van der Waals surface area contributed by atoms with Crippen LogP contribution in [0.4, 0.5) is 5.69 Å². The van der Waals surface area contributed by atoms with Crippen LogP contribution in [0.25, 0.3) is 0 Å². The van der Waals surface area contributed by atoms with Crippen molar-refractivity contribution >= 4 is 33.4 Å².